The van der Waals surface area contributed by atoms with Gasteiger partial charge in [-0.05, 0) is 11.8 Å². The first kappa shape index (κ1) is 11.0. The summed E-state index contributed by atoms with van der Waals surface area (Å²) < 4.78 is 0. The van der Waals surface area contributed by atoms with E-state index in [1.165, 1.54) is 17.1 Å². The molecule has 0 saturated heterocycles. The smallest absolute Gasteiger partial charge is 0.253 e. The molecule has 3 heteroatoms. The van der Waals surface area contributed by atoms with Crippen LogP contribution in [0.4, 0.5) is 0 Å². The minimum Gasteiger partial charge on any atom is -0.275 e. The lowest BCUT2D eigenvalue weighted by atomic mass is 9.87. The van der Waals surface area contributed by atoms with E-state index in [9.17, 15) is 9.59 Å². The lowest BCUT2D eigenvalue weighted by molar-refractivity contribution is -0.138. The Balaban J connectivity index is 2.60. The number of carbonyl (C=O) groups excluding carboxylic acids is 2. The maximum atomic E-state index is 11.3. The molecular weight excluding hydrogens is 178 g/mol. The van der Waals surface area contributed by atoms with Gasteiger partial charge >= 0.3 is 0 Å². The average molecular weight is 195 g/mol. The van der Waals surface area contributed by atoms with Crippen LogP contribution in [0.2, 0.25) is 0 Å². The maximum absolute atomic E-state index is 11.3. The molecule has 78 valence electrons. The Kier molecular flexibility index (Phi) is 3.09. The first-order chi connectivity index (χ1) is 6.46. The van der Waals surface area contributed by atoms with Gasteiger partial charge in [0.2, 0.25) is 0 Å². The van der Waals surface area contributed by atoms with Crippen LogP contribution in [0, 0.1) is 5.41 Å². The molecule has 0 bridgehead atoms. The first-order valence-electron chi connectivity index (χ1n) is 5.00. The summed E-state index contributed by atoms with van der Waals surface area (Å²) in [7, 11) is 0. The number of carbonyl (C=O) groups is 2. The van der Waals surface area contributed by atoms with E-state index in [2.05, 4.69) is 20.8 Å². The number of amides is 2. The van der Waals surface area contributed by atoms with Gasteiger partial charge in [0.25, 0.3) is 11.8 Å². The van der Waals surface area contributed by atoms with Crippen molar-refractivity contribution in [3.63, 3.8) is 0 Å². The molecule has 0 atom stereocenters. The molecule has 0 aromatic carbocycles. The van der Waals surface area contributed by atoms with Gasteiger partial charge < -0.3 is 0 Å². The Labute approximate surface area is 84.8 Å². The van der Waals surface area contributed by atoms with Crippen LogP contribution < -0.4 is 0 Å². The van der Waals surface area contributed by atoms with Gasteiger partial charge in [-0.25, -0.2) is 0 Å². The molecular formula is C11H17NO2. The molecule has 0 aliphatic carbocycles. The van der Waals surface area contributed by atoms with Gasteiger partial charge in [-0.2, -0.15) is 0 Å². The van der Waals surface area contributed by atoms with Crippen LogP contribution in [-0.2, 0) is 9.59 Å². The Bertz CT molecular complexity index is 261. The van der Waals surface area contributed by atoms with E-state index < -0.39 is 0 Å². The minimum absolute atomic E-state index is 0.0199. The minimum atomic E-state index is -0.181. The number of imide groups is 1. The normalized spacial score (nSPS) is 16.9. The van der Waals surface area contributed by atoms with Crippen molar-refractivity contribution in [1.29, 1.82) is 0 Å². The standard InChI is InChI=1S/C11H17NO2/c1-4-7-11(2,3)8-12-9(13)5-6-10(12)14/h5-6H,4,7-8H2,1-3H3. The van der Waals surface area contributed by atoms with Gasteiger partial charge in [0.1, 0.15) is 0 Å². The van der Waals surface area contributed by atoms with Crippen LogP contribution in [0.5, 0.6) is 0 Å². The first-order valence-corrected chi connectivity index (χ1v) is 5.00. The lowest BCUT2D eigenvalue weighted by Gasteiger charge is -2.28. The molecule has 0 aromatic rings. The van der Waals surface area contributed by atoms with Crippen molar-refractivity contribution in [1.82, 2.24) is 4.90 Å². The van der Waals surface area contributed by atoms with Crippen LogP contribution >= 0.6 is 0 Å². The second-order valence-electron chi connectivity index (χ2n) is 4.51. The summed E-state index contributed by atoms with van der Waals surface area (Å²) in [5, 5.41) is 0. The van der Waals surface area contributed by atoms with Crippen LogP contribution in [0.3, 0.4) is 0 Å². The lowest BCUT2D eigenvalue weighted by Crippen LogP contribution is -2.38. The molecule has 2 amide bonds. The molecule has 1 heterocycles. The predicted octanol–water partition coefficient (Wildman–Crippen LogP) is 1.74. The molecule has 0 unspecified atom stereocenters. The van der Waals surface area contributed by atoms with E-state index in [4.69, 9.17) is 0 Å². The average Bonchev–Trinajstić information content (AvgIpc) is 2.35. The monoisotopic (exact) mass is 195 g/mol. The van der Waals surface area contributed by atoms with E-state index in [0.29, 0.717) is 6.54 Å². The summed E-state index contributed by atoms with van der Waals surface area (Å²) in [6.45, 7) is 6.78. The summed E-state index contributed by atoms with van der Waals surface area (Å²) in [6, 6.07) is 0. The predicted molar refractivity (Wildman–Crippen MR) is 54.5 cm³/mol. The molecule has 0 spiro atoms. The Hall–Kier alpha value is -1.12. The highest BCUT2D eigenvalue weighted by molar-refractivity contribution is 6.12. The van der Waals surface area contributed by atoms with Gasteiger partial charge in [0.15, 0.2) is 0 Å². The molecule has 1 rings (SSSR count). The fraction of sp³-hybridized carbons (Fsp3) is 0.636. The maximum Gasteiger partial charge on any atom is 0.253 e. The van der Waals surface area contributed by atoms with Gasteiger partial charge in [0.05, 0.1) is 0 Å². The third-order valence-corrected chi connectivity index (χ3v) is 2.41. The zero-order valence-electron chi connectivity index (χ0n) is 9.04. The quantitative estimate of drug-likeness (QED) is 0.641. The number of hydrogen-bond donors (Lipinski definition) is 0. The Morgan fingerprint density at radius 1 is 1.21 bits per heavy atom. The molecule has 0 N–H and O–H groups in total. The van der Waals surface area contributed by atoms with Crippen molar-refractivity contribution in [3.05, 3.63) is 12.2 Å². The summed E-state index contributed by atoms with van der Waals surface area (Å²) >= 11 is 0. The van der Waals surface area contributed by atoms with Gasteiger partial charge in [-0.15, -0.1) is 0 Å². The van der Waals surface area contributed by atoms with E-state index in [1.54, 1.807) is 0 Å². The molecule has 14 heavy (non-hydrogen) atoms. The van der Waals surface area contributed by atoms with E-state index >= 15 is 0 Å². The van der Waals surface area contributed by atoms with Crippen LogP contribution in [-0.4, -0.2) is 23.3 Å². The topological polar surface area (TPSA) is 37.4 Å². The highest BCUT2D eigenvalue weighted by Gasteiger charge is 2.29. The van der Waals surface area contributed by atoms with Crippen molar-refractivity contribution in [2.75, 3.05) is 6.54 Å². The molecule has 0 aromatic heterocycles. The fourth-order valence-electron chi connectivity index (χ4n) is 1.77. The molecule has 3 nitrogen and oxygen atoms in total. The molecule has 0 radical (unpaired) electrons. The zero-order chi connectivity index (χ0) is 10.8. The van der Waals surface area contributed by atoms with Crippen LogP contribution in [0.15, 0.2) is 12.2 Å². The van der Waals surface area contributed by atoms with E-state index in [-0.39, 0.29) is 17.2 Å². The Morgan fingerprint density at radius 3 is 2.14 bits per heavy atom. The highest BCUT2D eigenvalue weighted by atomic mass is 16.2. The third-order valence-electron chi connectivity index (χ3n) is 2.41. The largest absolute Gasteiger partial charge is 0.275 e. The van der Waals surface area contributed by atoms with Gasteiger partial charge in [-0.3, -0.25) is 14.5 Å². The van der Waals surface area contributed by atoms with E-state index in [0.717, 1.165) is 12.8 Å². The van der Waals surface area contributed by atoms with Gasteiger partial charge in [0, 0.05) is 18.7 Å². The third kappa shape index (κ3) is 2.44. The summed E-state index contributed by atoms with van der Waals surface area (Å²) in [4.78, 5) is 23.9. The SMILES string of the molecule is CCCC(C)(C)CN1C(=O)C=CC1=O. The second kappa shape index (κ2) is 3.95. The highest BCUT2D eigenvalue weighted by Crippen LogP contribution is 2.24. The summed E-state index contributed by atoms with van der Waals surface area (Å²) in [5.41, 5.74) is 0.0199. The zero-order valence-corrected chi connectivity index (χ0v) is 9.04. The van der Waals surface area contributed by atoms with Crippen molar-refractivity contribution in [2.24, 2.45) is 5.41 Å². The van der Waals surface area contributed by atoms with Crippen molar-refractivity contribution in [3.8, 4) is 0 Å². The number of rotatable bonds is 4. The van der Waals surface area contributed by atoms with Crippen molar-refractivity contribution in [2.45, 2.75) is 33.6 Å². The van der Waals surface area contributed by atoms with Crippen LogP contribution in [0.25, 0.3) is 0 Å². The molecule has 1 aliphatic rings. The van der Waals surface area contributed by atoms with Gasteiger partial charge in [-0.1, -0.05) is 27.2 Å². The van der Waals surface area contributed by atoms with Crippen molar-refractivity contribution >= 4 is 11.8 Å². The molecule has 0 saturated carbocycles. The molecule has 0 fully saturated rings. The molecule has 1 aliphatic heterocycles. The Morgan fingerprint density at radius 2 is 1.71 bits per heavy atom. The van der Waals surface area contributed by atoms with E-state index in [1.807, 2.05) is 0 Å². The van der Waals surface area contributed by atoms with Crippen molar-refractivity contribution < 1.29 is 9.59 Å². The van der Waals surface area contributed by atoms with Crippen LogP contribution in [0.1, 0.15) is 33.6 Å². The summed E-state index contributed by atoms with van der Waals surface area (Å²) in [5.74, 6) is -0.363. The number of hydrogen-bond acceptors (Lipinski definition) is 2. The second-order valence-corrected chi connectivity index (χ2v) is 4.51. The summed E-state index contributed by atoms with van der Waals surface area (Å²) in [6.07, 6.45) is 4.76. The number of nitrogens with zero attached hydrogens (tertiary/aromatic N) is 1. The fourth-order valence-corrected chi connectivity index (χ4v) is 1.77.